The predicted molar refractivity (Wildman–Crippen MR) is 95.8 cm³/mol. The highest BCUT2D eigenvalue weighted by molar-refractivity contribution is 5.76. The summed E-state index contributed by atoms with van der Waals surface area (Å²) in [6.07, 6.45) is 2.79. The van der Waals surface area contributed by atoms with Gasteiger partial charge in [0, 0.05) is 39.0 Å². The molecular formula is C19H25N3O4. The number of amides is 1. The Hall–Kier alpha value is -2.41. The zero-order valence-corrected chi connectivity index (χ0v) is 15.3. The topological polar surface area (TPSA) is 77.7 Å². The van der Waals surface area contributed by atoms with Crippen LogP contribution in [0.5, 0.6) is 5.75 Å². The molecule has 0 saturated carbocycles. The summed E-state index contributed by atoms with van der Waals surface area (Å²) in [7, 11) is 3.31. The SMILES string of the molecule is COCC1CCN(C(=O)CCCc2nc(-c3ccccc3OC)no2)C1. The van der Waals surface area contributed by atoms with Crippen LogP contribution in [0.15, 0.2) is 28.8 Å². The fourth-order valence-electron chi connectivity index (χ4n) is 3.28. The predicted octanol–water partition coefficient (Wildman–Crippen LogP) is 2.56. The standard InChI is InChI=1S/C19H25N3O4/c1-24-13-14-10-11-22(12-14)18(23)9-5-8-17-20-19(21-26-17)15-6-3-4-7-16(15)25-2/h3-4,6-7,14H,5,8-13H2,1-2H3. The van der Waals surface area contributed by atoms with E-state index in [1.807, 2.05) is 29.2 Å². The van der Waals surface area contributed by atoms with Gasteiger partial charge < -0.3 is 18.9 Å². The number of aromatic nitrogens is 2. The molecule has 1 amide bonds. The summed E-state index contributed by atoms with van der Waals surface area (Å²) >= 11 is 0. The minimum Gasteiger partial charge on any atom is -0.496 e. The van der Waals surface area contributed by atoms with Crippen LogP contribution in [-0.2, 0) is 16.0 Å². The van der Waals surface area contributed by atoms with E-state index in [0.29, 0.717) is 42.6 Å². The molecule has 26 heavy (non-hydrogen) atoms. The van der Waals surface area contributed by atoms with Crippen molar-refractivity contribution in [3.8, 4) is 17.1 Å². The van der Waals surface area contributed by atoms with Gasteiger partial charge in [-0.2, -0.15) is 4.98 Å². The smallest absolute Gasteiger partial charge is 0.226 e. The Morgan fingerprint density at radius 3 is 3.00 bits per heavy atom. The van der Waals surface area contributed by atoms with Crippen molar-refractivity contribution in [3.63, 3.8) is 0 Å². The average Bonchev–Trinajstić information content (AvgIpc) is 3.32. The molecule has 1 fully saturated rings. The zero-order valence-electron chi connectivity index (χ0n) is 15.3. The molecule has 3 rings (SSSR count). The number of aryl methyl sites for hydroxylation is 1. The van der Waals surface area contributed by atoms with Gasteiger partial charge in [0.1, 0.15) is 5.75 Å². The number of likely N-dealkylation sites (tertiary alicyclic amines) is 1. The number of benzene rings is 1. The molecule has 7 heteroatoms. The van der Waals surface area contributed by atoms with E-state index in [0.717, 1.165) is 31.7 Å². The summed E-state index contributed by atoms with van der Waals surface area (Å²) in [5, 5.41) is 4.03. The van der Waals surface area contributed by atoms with Crippen LogP contribution in [0.3, 0.4) is 0 Å². The number of hydrogen-bond donors (Lipinski definition) is 0. The Bertz CT molecular complexity index is 731. The first-order valence-electron chi connectivity index (χ1n) is 8.94. The highest BCUT2D eigenvalue weighted by Gasteiger charge is 2.25. The van der Waals surface area contributed by atoms with Crippen molar-refractivity contribution in [1.29, 1.82) is 0 Å². The molecule has 0 N–H and O–H groups in total. The highest BCUT2D eigenvalue weighted by Crippen LogP contribution is 2.27. The van der Waals surface area contributed by atoms with Gasteiger partial charge in [-0.1, -0.05) is 17.3 Å². The van der Waals surface area contributed by atoms with E-state index in [9.17, 15) is 4.79 Å². The monoisotopic (exact) mass is 359 g/mol. The van der Waals surface area contributed by atoms with Crippen molar-refractivity contribution in [2.24, 2.45) is 5.92 Å². The molecule has 2 heterocycles. The minimum absolute atomic E-state index is 0.188. The summed E-state index contributed by atoms with van der Waals surface area (Å²) < 4.78 is 15.8. The van der Waals surface area contributed by atoms with Crippen molar-refractivity contribution in [3.05, 3.63) is 30.2 Å². The van der Waals surface area contributed by atoms with E-state index in [-0.39, 0.29) is 5.91 Å². The van der Waals surface area contributed by atoms with Crippen LogP contribution in [0, 0.1) is 5.92 Å². The van der Waals surface area contributed by atoms with Gasteiger partial charge in [-0.15, -0.1) is 0 Å². The molecule has 0 spiro atoms. The van der Waals surface area contributed by atoms with E-state index in [2.05, 4.69) is 10.1 Å². The van der Waals surface area contributed by atoms with Crippen LogP contribution in [-0.4, -0.2) is 54.9 Å². The lowest BCUT2D eigenvalue weighted by molar-refractivity contribution is -0.130. The van der Waals surface area contributed by atoms with Gasteiger partial charge in [-0.25, -0.2) is 0 Å². The second-order valence-electron chi connectivity index (χ2n) is 6.52. The van der Waals surface area contributed by atoms with Crippen molar-refractivity contribution in [2.75, 3.05) is 33.9 Å². The normalized spacial score (nSPS) is 16.8. The molecular weight excluding hydrogens is 334 g/mol. The van der Waals surface area contributed by atoms with Crippen LogP contribution in [0.25, 0.3) is 11.4 Å². The number of nitrogens with zero attached hydrogens (tertiary/aromatic N) is 3. The van der Waals surface area contributed by atoms with Crippen LogP contribution in [0.4, 0.5) is 0 Å². The third-order valence-electron chi connectivity index (χ3n) is 4.64. The fourth-order valence-corrected chi connectivity index (χ4v) is 3.28. The average molecular weight is 359 g/mol. The molecule has 1 aliphatic heterocycles. The summed E-state index contributed by atoms with van der Waals surface area (Å²) in [6.45, 7) is 2.34. The molecule has 140 valence electrons. The van der Waals surface area contributed by atoms with E-state index < -0.39 is 0 Å². The highest BCUT2D eigenvalue weighted by atomic mass is 16.5. The van der Waals surface area contributed by atoms with E-state index in [4.69, 9.17) is 14.0 Å². The number of carbonyl (C=O) groups is 1. The second kappa shape index (κ2) is 8.80. The van der Waals surface area contributed by atoms with Crippen LogP contribution in [0.1, 0.15) is 25.2 Å². The number of hydrogen-bond acceptors (Lipinski definition) is 6. The maximum absolute atomic E-state index is 12.3. The van der Waals surface area contributed by atoms with Gasteiger partial charge in [0.15, 0.2) is 0 Å². The number of carbonyl (C=O) groups excluding carboxylic acids is 1. The molecule has 1 aromatic heterocycles. The quantitative estimate of drug-likeness (QED) is 0.721. The summed E-state index contributed by atoms with van der Waals surface area (Å²) in [4.78, 5) is 18.6. The van der Waals surface area contributed by atoms with Gasteiger partial charge in [-0.05, 0) is 25.0 Å². The molecule has 1 saturated heterocycles. The Labute approximate surface area is 153 Å². The summed E-state index contributed by atoms with van der Waals surface area (Å²) in [5.74, 6) is 2.40. The van der Waals surface area contributed by atoms with Crippen molar-refractivity contribution >= 4 is 5.91 Å². The largest absolute Gasteiger partial charge is 0.496 e. The van der Waals surface area contributed by atoms with Gasteiger partial charge in [0.05, 0.1) is 19.3 Å². The molecule has 7 nitrogen and oxygen atoms in total. The molecule has 1 aromatic carbocycles. The molecule has 0 bridgehead atoms. The van der Waals surface area contributed by atoms with Crippen molar-refractivity contribution in [2.45, 2.75) is 25.7 Å². The number of para-hydroxylation sites is 1. The molecule has 0 aliphatic carbocycles. The Balaban J connectivity index is 1.49. The summed E-state index contributed by atoms with van der Waals surface area (Å²) in [6, 6.07) is 7.54. The van der Waals surface area contributed by atoms with Crippen LogP contribution >= 0.6 is 0 Å². The van der Waals surface area contributed by atoms with Crippen molar-refractivity contribution < 1.29 is 18.8 Å². The third kappa shape index (κ3) is 4.40. The maximum atomic E-state index is 12.3. The number of methoxy groups -OCH3 is 2. The lowest BCUT2D eigenvalue weighted by atomic mass is 10.1. The van der Waals surface area contributed by atoms with Crippen LogP contribution in [0.2, 0.25) is 0 Å². The molecule has 1 unspecified atom stereocenters. The molecule has 1 aliphatic rings. The second-order valence-corrected chi connectivity index (χ2v) is 6.52. The van der Waals surface area contributed by atoms with Gasteiger partial charge in [0.2, 0.25) is 17.6 Å². The van der Waals surface area contributed by atoms with E-state index in [1.54, 1.807) is 14.2 Å². The van der Waals surface area contributed by atoms with Gasteiger partial charge >= 0.3 is 0 Å². The number of rotatable bonds is 8. The van der Waals surface area contributed by atoms with Crippen molar-refractivity contribution in [1.82, 2.24) is 15.0 Å². The third-order valence-corrected chi connectivity index (χ3v) is 4.64. The molecule has 2 aromatic rings. The van der Waals surface area contributed by atoms with E-state index >= 15 is 0 Å². The first-order valence-corrected chi connectivity index (χ1v) is 8.94. The fraction of sp³-hybridized carbons (Fsp3) is 0.526. The summed E-state index contributed by atoms with van der Waals surface area (Å²) in [5.41, 5.74) is 0.794. The molecule has 0 radical (unpaired) electrons. The Morgan fingerprint density at radius 1 is 1.35 bits per heavy atom. The zero-order chi connectivity index (χ0) is 18.4. The first kappa shape index (κ1) is 18.4. The number of ether oxygens (including phenoxy) is 2. The van der Waals surface area contributed by atoms with Crippen LogP contribution < -0.4 is 4.74 Å². The Morgan fingerprint density at radius 2 is 2.19 bits per heavy atom. The van der Waals surface area contributed by atoms with Gasteiger partial charge in [0.25, 0.3) is 0 Å². The maximum Gasteiger partial charge on any atom is 0.226 e. The van der Waals surface area contributed by atoms with Gasteiger partial charge in [-0.3, -0.25) is 4.79 Å². The Kier molecular flexibility index (Phi) is 6.22. The lowest BCUT2D eigenvalue weighted by Crippen LogP contribution is -2.29. The first-order chi connectivity index (χ1) is 12.7. The lowest BCUT2D eigenvalue weighted by Gasteiger charge is -2.16. The van der Waals surface area contributed by atoms with E-state index in [1.165, 1.54) is 0 Å². The molecule has 1 atom stereocenters. The minimum atomic E-state index is 0.188.